The first-order chi connectivity index (χ1) is 16.1. The number of nitrogens with two attached hydrogens (primary N) is 2. The molecule has 0 spiro atoms. The summed E-state index contributed by atoms with van der Waals surface area (Å²) in [6.07, 6.45) is 0. The summed E-state index contributed by atoms with van der Waals surface area (Å²) in [4.78, 5) is 16.3. The summed E-state index contributed by atoms with van der Waals surface area (Å²) in [6.45, 7) is 2.95. The van der Waals surface area contributed by atoms with Crippen molar-refractivity contribution in [1.82, 2.24) is 9.55 Å². The number of hydrogen-bond donors (Lipinski definition) is 3. The van der Waals surface area contributed by atoms with E-state index < -0.39 is 5.97 Å². The van der Waals surface area contributed by atoms with Crippen LogP contribution in [-0.4, -0.2) is 39.5 Å². The number of ether oxygens (including phenoxy) is 1. The molecular weight excluding hydrogens is 418 g/mol. The Bertz CT molecular complexity index is 1330. The third-order valence-corrected chi connectivity index (χ3v) is 5.43. The fourth-order valence-electron chi connectivity index (χ4n) is 3.91. The number of hydrazone groups is 1. The summed E-state index contributed by atoms with van der Waals surface area (Å²) < 4.78 is 7.52. The maximum atomic E-state index is 11.8. The molecule has 3 aromatic carbocycles. The van der Waals surface area contributed by atoms with E-state index in [1.165, 1.54) is 0 Å². The molecule has 0 bridgehead atoms. The molecule has 1 heterocycles. The first kappa shape index (κ1) is 22.0. The predicted octanol–water partition coefficient (Wildman–Crippen LogP) is 3.47. The Morgan fingerprint density at radius 3 is 2.45 bits per heavy atom. The van der Waals surface area contributed by atoms with E-state index >= 15 is 0 Å². The third kappa shape index (κ3) is 4.28. The number of imidazole rings is 1. The lowest BCUT2D eigenvalue weighted by molar-refractivity contribution is 0.0698. The number of carboxylic acid groups (broad SMARTS) is 1. The van der Waals surface area contributed by atoms with Crippen molar-refractivity contribution in [3.8, 4) is 17.1 Å². The van der Waals surface area contributed by atoms with Gasteiger partial charge in [-0.05, 0) is 35.7 Å². The highest BCUT2D eigenvalue weighted by atomic mass is 16.5. The van der Waals surface area contributed by atoms with Crippen molar-refractivity contribution in [2.75, 3.05) is 13.2 Å². The standard InChI is InChI=1S/C25H25N5O3/c1-2-33-25-28-21-9-5-8-20(24(31)32)23(21)30(25)15-16-10-12-17(13-11-16)18-6-3-4-7-19(18)22(14-26)29-27/h3-13H,2,14-15,26-27H2,1H3,(H,31,32)/b29-22+. The lowest BCUT2D eigenvalue weighted by atomic mass is 9.96. The molecule has 1 aromatic heterocycles. The Morgan fingerprint density at radius 1 is 1.06 bits per heavy atom. The number of para-hydroxylation sites is 1. The number of nitrogens with zero attached hydrogens (tertiary/aromatic N) is 3. The van der Waals surface area contributed by atoms with E-state index in [0.717, 1.165) is 22.3 Å². The molecular formula is C25H25N5O3. The zero-order valence-electron chi connectivity index (χ0n) is 18.2. The van der Waals surface area contributed by atoms with Crippen molar-refractivity contribution in [3.05, 3.63) is 83.4 Å². The number of aromatic nitrogens is 2. The second-order valence-corrected chi connectivity index (χ2v) is 7.41. The summed E-state index contributed by atoms with van der Waals surface area (Å²) >= 11 is 0. The van der Waals surface area contributed by atoms with E-state index in [9.17, 15) is 9.90 Å². The molecule has 0 aliphatic carbocycles. The van der Waals surface area contributed by atoms with Gasteiger partial charge in [-0.25, -0.2) is 4.79 Å². The van der Waals surface area contributed by atoms with E-state index in [4.69, 9.17) is 16.3 Å². The van der Waals surface area contributed by atoms with Gasteiger partial charge in [0.25, 0.3) is 6.01 Å². The van der Waals surface area contributed by atoms with E-state index in [2.05, 4.69) is 10.1 Å². The number of carboxylic acids is 1. The Labute approximate surface area is 191 Å². The van der Waals surface area contributed by atoms with Crippen molar-refractivity contribution in [2.45, 2.75) is 13.5 Å². The van der Waals surface area contributed by atoms with E-state index in [-0.39, 0.29) is 12.1 Å². The average molecular weight is 444 g/mol. The van der Waals surface area contributed by atoms with E-state index in [1.54, 1.807) is 22.8 Å². The van der Waals surface area contributed by atoms with Crippen LogP contribution >= 0.6 is 0 Å². The summed E-state index contributed by atoms with van der Waals surface area (Å²) in [5, 5.41) is 13.5. The number of carbonyl (C=O) groups is 1. The first-order valence-electron chi connectivity index (χ1n) is 10.6. The van der Waals surface area contributed by atoms with E-state index in [0.29, 0.717) is 35.9 Å². The van der Waals surface area contributed by atoms with Gasteiger partial charge in [0.15, 0.2) is 0 Å². The molecule has 0 saturated heterocycles. The van der Waals surface area contributed by atoms with Crippen LogP contribution in [0, 0.1) is 0 Å². The van der Waals surface area contributed by atoms with Crippen molar-refractivity contribution < 1.29 is 14.6 Å². The van der Waals surface area contributed by atoms with Gasteiger partial charge in [0.1, 0.15) is 0 Å². The highest BCUT2D eigenvalue weighted by Gasteiger charge is 2.19. The lowest BCUT2D eigenvalue weighted by Gasteiger charge is -2.13. The topological polar surface area (TPSA) is 129 Å². The molecule has 4 aromatic rings. The van der Waals surface area contributed by atoms with Crippen molar-refractivity contribution in [3.63, 3.8) is 0 Å². The summed E-state index contributed by atoms with van der Waals surface area (Å²) in [6, 6.07) is 21.3. The second kappa shape index (κ2) is 9.54. The number of fused-ring (bicyclic) bond motifs is 1. The second-order valence-electron chi connectivity index (χ2n) is 7.41. The van der Waals surface area contributed by atoms with Gasteiger partial charge in [0, 0.05) is 12.1 Å². The predicted molar refractivity (Wildman–Crippen MR) is 129 cm³/mol. The summed E-state index contributed by atoms with van der Waals surface area (Å²) in [5.74, 6) is 4.52. The minimum absolute atomic E-state index is 0.187. The van der Waals surface area contributed by atoms with Crippen LogP contribution < -0.4 is 16.3 Å². The number of aromatic carboxylic acids is 1. The Morgan fingerprint density at radius 2 is 1.79 bits per heavy atom. The van der Waals surface area contributed by atoms with Gasteiger partial charge in [0.05, 0.1) is 35.5 Å². The van der Waals surface area contributed by atoms with Crippen LogP contribution in [0.1, 0.15) is 28.4 Å². The van der Waals surface area contributed by atoms with Gasteiger partial charge in [-0.3, -0.25) is 4.57 Å². The van der Waals surface area contributed by atoms with Gasteiger partial charge in [0.2, 0.25) is 0 Å². The fourth-order valence-corrected chi connectivity index (χ4v) is 3.91. The van der Waals surface area contributed by atoms with Gasteiger partial charge in [-0.15, -0.1) is 0 Å². The maximum absolute atomic E-state index is 11.8. The molecule has 0 atom stereocenters. The van der Waals surface area contributed by atoms with Gasteiger partial charge >= 0.3 is 5.97 Å². The molecule has 168 valence electrons. The minimum Gasteiger partial charge on any atom is -0.478 e. The molecule has 0 radical (unpaired) electrons. The van der Waals surface area contributed by atoms with Crippen LogP contribution in [-0.2, 0) is 6.54 Å². The molecule has 0 saturated carbocycles. The fraction of sp³-hybridized carbons (Fsp3) is 0.160. The Hall–Kier alpha value is -4.17. The normalized spacial score (nSPS) is 11.6. The molecule has 0 amide bonds. The van der Waals surface area contributed by atoms with Crippen LogP contribution in [0.4, 0.5) is 0 Å². The van der Waals surface area contributed by atoms with Crippen LogP contribution in [0.3, 0.4) is 0 Å². The number of benzene rings is 3. The van der Waals surface area contributed by atoms with Gasteiger partial charge in [-0.2, -0.15) is 10.1 Å². The lowest BCUT2D eigenvalue weighted by Crippen LogP contribution is -2.17. The van der Waals surface area contributed by atoms with Crippen molar-refractivity contribution >= 4 is 22.7 Å². The van der Waals surface area contributed by atoms with Crippen LogP contribution in [0.15, 0.2) is 71.8 Å². The molecule has 0 aliphatic rings. The Kier molecular flexibility index (Phi) is 6.37. The minimum atomic E-state index is -1.01. The molecule has 5 N–H and O–H groups in total. The van der Waals surface area contributed by atoms with E-state index in [1.807, 2.05) is 55.5 Å². The SMILES string of the molecule is CCOc1nc2cccc(C(=O)O)c2n1Cc1ccc(-c2ccccc2/C(CN)=N/N)cc1. The zero-order chi connectivity index (χ0) is 23.4. The van der Waals surface area contributed by atoms with Gasteiger partial charge in [-0.1, -0.05) is 54.6 Å². The van der Waals surface area contributed by atoms with Gasteiger partial charge < -0.3 is 21.4 Å². The average Bonchev–Trinajstić information content (AvgIpc) is 3.18. The smallest absolute Gasteiger partial charge is 0.337 e. The first-order valence-corrected chi connectivity index (χ1v) is 10.6. The van der Waals surface area contributed by atoms with Crippen LogP contribution in [0.2, 0.25) is 0 Å². The summed E-state index contributed by atoms with van der Waals surface area (Å²) in [5.41, 5.74) is 11.6. The number of hydrogen-bond acceptors (Lipinski definition) is 6. The van der Waals surface area contributed by atoms with Crippen molar-refractivity contribution in [2.24, 2.45) is 16.7 Å². The maximum Gasteiger partial charge on any atom is 0.337 e. The molecule has 33 heavy (non-hydrogen) atoms. The molecule has 0 fully saturated rings. The highest BCUT2D eigenvalue weighted by molar-refractivity contribution is 6.07. The molecule has 4 rings (SSSR count). The molecule has 0 unspecified atom stereocenters. The molecule has 8 nitrogen and oxygen atoms in total. The summed E-state index contributed by atoms with van der Waals surface area (Å²) in [7, 11) is 0. The number of rotatable bonds is 8. The Balaban J connectivity index is 1.73. The third-order valence-electron chi connectivity index (χ3n) is 5.43. The quantitative estimate of drug-likeness (QED) is 0.217. The zero-order valence-corrected chi connectivity index (χ0v) is 18.2. The molecule has 8 heteroatoms. The van der Waals surface area contributed by atoms with Crippen molar-refractivity contribution in [1.29, 1.82) is 0 Å². The molecule has 0 aliphatic heterocycles. The monoisotopic (exact) mass is 443 g/mol. The van der Waals surface area contributed by atoms with Crippen LogP contribution in [0.25, 0.3) is 22.2 Å². The highest BCUT2D eigenvalue weighted by Crippen LogP contribution is 2.28. The van der Waals surface area contributed by atoms with Crippen LogP contribution in [0.5, 0.6) is 6.01 Å². The largest absolute Gasteiger partial charge is 0.478 e.